The minimum atomic E-state index is -4.65. The summed E-state index contributed by atoms with van der Waals surface area (Å²) in [7, 11) is 0. The lowest BCUT2D eigenvalue weighted by molar-refractivity contribution is -0.149. The van der Waals surface area contributed by atoms with Crippen LogP contribution in [0.2, 0.25) is 0 Å². The summed E-state index contributed by atoms with van der Waals surface area (Å²) >= 11 is 0. The highest BCUT2D eigenvalue weighted by Gasteiger charge is 2.58. The molecule has 168 valence electrons. The summed E-state index contributed by atoms with van der Waals surface area (Å²) < 4.78 is 48.0. The van der Waals surface area contributed by atoms with Crippen molar-refractivity contribution in [2.24, 2.45) is 0 Å². The Bertz CT molecular complexity index is 1260. The van der Waals surface area contributed by atoms with Gasteiger partial charge in [0.05, 0.1) is 34.8 Å². The summed E-state index contributed by atoms with van der Waals surface area (Å²) in [6, 6.07) is 2.66. The number of halogens is 3. The number of pyridine rings is 1. The fourth-order valence-electron chi connectivity index (χ4n) is 4.18. The number of morpholine rings is 1. The molecule has 2 N–H and O–H groups in total. The molecule has 32 heavy (non-hydrogen) atoms. The molecule has 0 bridgehead atoms. The van der Waals surface area contributed by atoms with Gasteiger partial charge in [0.2, 0.25) is 0 Å². The van der Waals surface area contributed by atoms with Gasteiger partial charge >= 0.3 is 6.18 Å². The summed E-state index contributed by atoms with van der Waals surface area (Å²) in [6.45, 7) is 5.58. The largest absolute Gasteiger partial charge is 0.418 e. The third-order valence-corrected chi connectivity index (χ3v) is 6.21. The van der Waals surface area contributed by atoms with Crippen LogP contribution in [0.25, 0.3) is 16.8 Å². The van der Waals surface area contributed by atoms with Crippen LogP contribution in [0.4, 0.5) is 24.7 Å². The molecule has 5 rings (SSSR count). The fourth-order valence-corrected chi connectivity index (χ4v) is 4.18. The van der Waals surface area contributed by atoms with Gasteiger partial charge in [0.25, 0.3) is 5.91 Å². The first-order valence-electron chi connectivity index (χ1n) is 10.1. The molecule has 0 unspecified atom stereocenters. The number of carbonyl (C=O) groups excluding carboxylic acids is 1. The first-order valence-corrected chi connectivity index (χ1v) is 10.1. The van der Waals surface area contributed by atoms with Gasteiger partial charge in [-0.2, -0.15) is 18.3 Å². The first-order chi connectivity index (χ1) is 14.9. The summed E-state index contributed by atoms with van der Waals surface area (Å²) in [6.07, 6.45) is -0.509. The molecule has 0 atom stereocenters. The zero-order valence-corrected chi connectivity index (χ0v) is 17.7. The van der Waals surface area contributed by atoms with Crippen molar-refractivity contribution in [3.8, 4) is 11.3 Å². The standard InChI is InChI=1S/C21H21F3N6O2/c1-11-14(29-18(31)19(2,3)32-9-20(29)4-5-20)6-12(8-26-11)15-7-13(21(22,23)24)16-17(25)27-10-28-30(15)16/h6-8,10H,4-5,9H2,1-3H3,(H2,25,27,28). The first kappa shape index (κ1) is 20.7. The van der Waals surface area contributed by atoms with E-state index < -0.39 is 22.9 Å². The lowest BCUT2D eigenvalue weighted by Crippen LogP contribution is -2.60. The van der Waals surface area contributed by atoms with Crippen molar-refractivity contribution < 1.29 is 22.7 Å². The number of anilines is 2. The van der Waals surface area contributed by atoms with E-state index in [-0.39, 0.29) is 22.9 Å². The third-order valence-electron chi connectivity index (χ3n) is 6.21. The second kappa shape index (κ2) is 6.41. The molecule has 1 saturated carbocycles. The number of fused-ring (bicyclic) bond motifs is 1. The molecule has 1 saturated heterocycles. The summed E-state index contributed by atoms with van der Waals surface area (Å²) in [5.74, 6) is -0.480. The minimum Gasteiger partial charge on any atom is -0.382 e. The normalized spacial score (nSPS) is 19.7. The fraction of sp³-hybridized carbons (Fsp3) is 0.429. The SMILES string of the molecule is Cc1ncc(-c2cc(C(F)(F)F)c3c(N)ncnn23)cc1N1C(=O)C(C)(C)OCC12CC2. The molecule has 3 aromatic rings. The lowest BCUT2D eigenvalue weighted by atomic mass is 9.99. The van der Waals surface area contributed by atoms with Crippen molar-refractivity contribution in [2.45, 2.75) is 50.9 Å². The van der Waals surface area contributed by atoms with Crippen LogP contribution in [0.1, 0.15) is 37.9 Å². The zero-order valence-electron chi connectivity index (χ0n) is 17.7. The van der Waals surface area contributed by atoms with Crippen LogP contribution in [0.5, 0.6) is 0 Å². The Hall–Kier alpha value is -3.21. The van der Waals surface area contributed by atoms with E-state index in [9.17, 15) is 18.0 Å². The number of amides is 1. The monoisotopic (exact) mass is 446 g/mol. The third kappa shape index (κ3) is 2.94. The van der Waals surface area contributed by atoms with Gasteiger partial charge in [0.1, 0.15) is 17.4 Å². The van der Waals surface area contributed by atoms with Gasteiger partial charge in [-0.3, -0.25) is 14.7 Å². The molecule has 0 radical (unpaired) electrons. The number of nitrogens with two attached hydrogens (primary N) is 1. The average Bonchev–Trinajstić information content (AvgIpc) is 3.37. The molecule has 1 spiro atoms. The number of rotatable bonds is 2. The number of nitrogens with zero attached hydrogens (tertiary/aromatic N) is 5. The quantitative estimate of drug-likeness (QED) is 0.648. The number of hydrogen-bond acceptors (Lipinski definition) is 6. The predicted molar refractivity (Wildman–Crippen MR) is 110 cm³/mol. The Balaban J connectivity index is 1.70. The maximum absolute atomic E-state index is 13.7. The Morgan fingerprint density at radius 1 is 1.19 bits per heavy atom. The highest BCUT2D eigenvalue weighted by atomic mass is 19.4. The number of alkyl halides is 3. The van der Waals surface area contributed by atoms with Gasteiger partial charge in [0.15, 0.2) is 5.82 Å². The molecule has 2 fully saturated rings. The van der Waals surface area contributed by atoms with Crippen LogP contribution in [0.15, 0.2) is 24.7 Å². The maximum atomic E-state index is 13.7. The zero-order chi connectivity index (χ0) is 23.1. The van der Waals surface area contributed by atoms with Crippen molar-refractivity contribution in [3.05, 3.63) is 35.9 Å². The van der Waals surface area contributed by atoms with Crippen LogP contribution in [-0.2, 0) is 15.7 Å². The van der Waals surface area contributed by atoms with Crippen molar-refractivity contribution in [1.82, 2.24) is 19.6 Å². The van der Waals surface area contributed by atoms with Gasteiger partial charge in [-0.1, -0.05) is 0 Å². The lowest BCUT2D eigenvalue weighted by Gasteiger charge is -2.44. The van der Waals surface area contributed by atoms with E-state index in [1.807, 2.05) is 0 Å². The molecule has 1 aliphatic heterocycles. The van der Waals surface area contributed by atoms with Crippen LogP contribution in [0, 0.1) is 6.92 Å². The number of nitrogen functional groups attached to an aromatic ring is 1. The number of hydrogen-bond donors (Lipinski definition) is 1. The predicted octanol–water partition coefficient (Wildman–Crippen LogP) is 3.38. The van der Waals surface area contributed by atoms with Crippen molar-refractivity contribution >= 4 is 22.9 Å². The number of carbonyl (C=O) groups is 1. The molecule has 2 aliphatic rings. The van der Waals surface area contributed by atoms with Gasteiger partial charge < -0.3 is 10.5 Å². The van der Waals surface area contributed by atoms with Gasteiger partial charge in [0, 0.05) is 11.8 Å². The van der Waals surface area contributed by atoms with E-state index >= 15 is 0 Å². The molecular formula is C21H21F3N6O2. The Morgan fingerprint density at radius 3 is 2.56 bits per heavy atom. The van der Waals surface area contributed by atoms with Gasteiger partial charge in [-0.05, 0) is 45.7 Å². The average molecular weight is 446 g/mol. The summed E-state index contributed by atoms with van der Waals surface area (Å²) in [5, 5.41) is 3.99. The molecule has 1 amide bonds. The molecule has 1 aliphatic carbocycles. The Morgan fingerprint density at radius 2 is 1.91 bits per heavy atom. The van der Waals surface area contributed by atoms with Crippen molar-refractivity contribution in [2.75, 3.05) is 17.2 Å². The Labute approximate surface area is 181 Å². The van der Waals surface area contributed by atoms with Gasteiger partial charge in [-0.25, -0.2) is 9.50 Å². The highest BCUT2D eigenvalue weighted by Crippen LogP contribution is 2.50. The number of aryl methyl sites for hydroxylation is 1. The molecule has 11 heteroatoms. The second-order valence-electron chi connectivity index (χ2n) is 8.84. The van der Waals surface area contributed by atoms with E-state index in [1.165, 1.54) is 6.20 Å². The number of ether oxygens (including phenoxy) is 1. The van der Waals surface area contributed by atoms with E-state index in [0.717, 1.165) is 29.8 Å². The number of aromatic nitrogens is 4. The van der Waals surface area contributed by atoms with E-state index in [1.54, 1.807) is 31.7 Å². The second-order valence-corrected chi connectivity index (χ2v) is 8.84. The molecule has 8 nitrogen and oxygen atoms in total. The van der Waals surface area contributed by atoms with Crippen LogP contribution >= 0.6 is 0 Å². The highest BCUT2D eigenvalue weighted by molar-refractivity contribution is 6.02. The topological polar surface area (TPSA) is 98.6 Å². The molecule has 4 heterocycles. The van der Waals surface area contributed by atoms with Crippen LogP contribution in [0.3, 0.4) is 0 Å². The molecule has 3 aromatic heterocycles. The van der Waals surface area contributed by atoms with Crippen molar-refractivity contribution in [1.29, 1.82) is 0 Å². The molecule has 0 aromatic carbocycles. The van der Waals surface area contributed by atoms with Crippen molar-refractivity contribution in [3.63, 3.8) is 0 Å². The van der Waals surface area contributed by atoms with E-state index in [4.69, 9.17) is 10.5 Å². The summed E-state index contributed by atoms with van der Waals surface area (Å²) in [4.78, 5) is 23.1. The summed E-state index contributed by atoms with van der Waals surface area (Å²) in [5.41, 5.74) is 4.72. The smallest absolute Gasteiger partial charge is 0.382 e. The van der Waals surface area contributed by atoms with E-state index in [0.29, 0.717) is 23.6 Å². The van der Waals surface area contributed by atoms with Gasteiger partial charge in [-0.15, -0.1) is 0 Å². The molecular weight excluding hydrogens is 425 g/mol. The van der Waals surface area contributed by atoms with Crippen LogP contribution < -0.4 is 10.6 Å². The maximum Gasteiger partial charge on any atom is 0.418 e. The van der Waals surface area contributed by atoms with E-state index in [2.05, 4.69) is 15.1 Å². The van der Waals surface area contributed by atoms with Crippen LogP contribution in [-0.4, -0.2) is 43.2 Å². The Kier molecular flexibility index (Phi) is 4.14. The minimum absolute atomic E-state index is 0.153.